The first-order valence-corrected chi connectivity index (χ1v) is 12.8. The van der Waals surface area contributed by atoms with Crippen molar-refractivity contribution in [1.29, 1.82) is 0 Å². The van der Waals surface area contributed by atoms with Gasteiger partial charge < -0.3 is 24.5 Å². The van der Waals surface area contributed by atoms with E-state index in [2.05, 4.69) is 0 Å². The summed E-state index contributed by atoms with van der Waals surface area (Å²) in [4.78, 5) is 47.1. The number of nitrogens with zero attached hydrogens (tertiary/aromatic N) is 3. The highest BCUT2D eigenvalue weighted by Crippen LogP contribution is 2.53. The van der Waals surface area contributed by atoms with Gasteiger partial charge in [0.2, 0.25) is 17.7 Å². The van der Waals surface area contributed by atoms with Crippen molar-refractivity contribution in [2.75, 3.05) is 26.2 Å². The van der Waals surface area contributed by atoms with Crippen LogP contribution < -0.4 is 0 Å². The largest absolute Gasteiger partial charge is 0.396 e. The molecule has 0 saturated carbocycles. The van der Waals surface area contributed by atoms with Crippen molar-refractivity contribution in [2.45, 2.75) is 57.0 Å². The van der Waals surface area contributed by atoms with Crippen LogP contribution in [-0.4, -0.2) is 87.1 Å². The van der Waals surface area contributed by atoms with Crippen LogP contribution in [0.4, 0.5) is 0 Å². The standard InChI is InChI=1S/C28H35N3O5/c1-27(2,3)31-16-8-13-28-22(25(34)30(15-9-17-32)23(28)26(31)35)21-20(36-28)12-7-14-29(24(21)33)18-19-10-5-4-6-11-19/h4-8,10-13,20-23,32H,9,14-18H2,1-3H3/t20-,21+,22+,23?,28+/m1/s1. The number of hydrogen-bond acceptors (Lipinski definition) is 5. The molecule has 36 heavy (non-hydrogen) atoms. The van der Waals surface area contributed by atoms with Crippen molar-refractivity contribution in [3.05, 3.63) is 60.2 Å². The van der Waals surface area contributed by atoms with Gasteiger partial charge in [-0.3, -0.25) is 14.4 Å². The normalized spacial score (nSPS) is 31.9. The van der Waals surface area contributed by atoms with Gasteiger partial charge in [0.25, 0.3) is 0 Å². The third-order valence-corrected chi connectivity index (χ3v) is 7.83. The van der Waals surface area contributed by atoms with Crippen LogP contribution in [-0.2, 0) is 25.7 Å². The number of aliphatic hydroxyl groups excluding tert-OH is 1. The fourth-order valence-corrected chi connectivity index (χ4v) is 6.22. The zero-order valence-electron chi connectivity index (χ0n) is 21.2. The lowest BCUT2D eigenvalue weighted by Gasteiger charge is -2.40. The third kappa shape index (κ3) is 3.87. The predicted molar refractivity (Wildman–Crippen MR) is 133 cm³/mol. The smallest absolute Gasteiger partial charge is 0.249 e. The summed E-state index contributed by atoms with van der Waals surface area (Å²) >= 11 is 0. The van der Waals surface area contributed by atoms with Crippen LogP contribution in [0, 0.1) is 11.8 Å². The maximum absolute atomic E-state index is 14.0. The summed E-state index contributed by atoms with van der Waals surface area (Å²) in [6.45, 7) is 7.31. The van der Waals surface area contributed by atoms with Gasteiger partial charge >= 0.3 is 0 Å². The minimum absolute atomic E-state index is 0.0966. The van der Waals surface area contributed by atoms with E-state index in [1.54, 1.807) is 14.7 Å². The number of ether oxygens (including phenoxy) is 1. The molecule has 2 saturated heterocycles. The molecule has 8 nitrogen and oxygen atoms in total. The van der Waals surface area contributed by atoms with Gasteiger partial charge in [-0.15, -0.1) is 0 Å². The number of fused-ring (bicyclic) bond motifs is 2. The van der Waals surface area contributed by atoms with E-state index in [1.807, 2.05) is 75.4 Å². The highest BCUT2D eigenvalue weighted by molar-refractivity contribution is 6.00. The molecule has 4 aliphatic heterocycles. The van der Waals surface area contributed by atoms with Gasteiger partial charge in [0.05, 0.1) is 17.9 Å². The summed E-state index contributed by atoms with van der Waals surface area (Å²) in [5.41, 5.74) is -0.673. The van der Waals surface area contributed by atoms with Crippen LogP contribution in [0.25, 0.3) is 0 Å². The van der Waals surface area contributed by atoms with Gasteiger partial charge in [0.15, 0.2) is 0 Å². The van der Waals surface area contributed by atoms with E-state index in [0.29, 0.717) is 26.1 Å². The van der Waals surface area contributed by atoms with Crippen molar-refractivity contribution in [3.8, 4) is 0 Å². The topological polar surface area (TPSA) is 90.4 Å². The second-order valence-electron chi connectivity index (χ2n) is 11.1. The van der Waals surface area contributed by atoms with Gasteiger partial charge in [-0.2, -0.15) is 0 Å². The average molecular weight is 494 g/mol. The SMILES string of the molecule is CC(C)(C)N1CC=C[C@]23O[C@@H]4C=CCN(Cc5ccccc5)C(=O)[C@@H]4[C@H]2C(=O)N(CCCO)C3C1=O. The predicted octanol–water partition coefficient (Wildman–Crippen LogP) is 1.75. The Bertz CT molecular complexity index is 1090. The first-order chi connectivity index (χ1) is 17.2. The molecule has 0 bridgehead atoms. The maximum Gasteiger partial charge on any atom is 0.249 e. The summed E-state index contributed by atoms with van der Waals surface area (Å²) in [7, 11) is 0. The van der Waals surface area contributed by atoms with Gasteiger partial charge in [-0.1, -0.05) is 54.6 Å². The summed E-state index contributed by atoms with van der Waals surface area (Å²) in [6.07, 6.45) is 7.33. The monoisotopic (exact) mass is 493 g/mol. The zero-order valence-corrected chi connectivity index (χ0v) is 21.2. The molecule has 192 valence electrons. The zero-order chi connectivity index (χ0) is 25.7. The molecule has 0 aliphatic carbocycles. The lowest BCUT2D eigenvalue weighted by atomic mass is 9.77. The van der Waals surface area contributed by atoms with Crippen molar-refractivity contribution in [1.82, 2.24) is 14.7 Å². The number of carbonyl (C=O) groups is 3. The number of aliphatic hydroxyl groups is 1. The number of likely N-dealkylation sites (tertiary alicyclic amines) is 1. The van der Waals surface area contributed by atoms with Crippen LogP contribution >= 0.6 is 0 Å². The fourth-order valence-electron chi connectivity index (χ4n) is 6.22. The molecule has 0 aromatic heterocycles. The van der Waals surface area contributed by atoms with Crippen LogP contribution in [0.5, 0.6) is 0 Å². The van der Waals surface area contributed by atoms with E-state index < -0.39 is 35.1 Å². The number of hydrogen-bond donors (Lipinski definition) is 1. The average Bonchev–Trinajstić information content (AvgIpc) is 3.14. The second-order valence-corrected chi connectivity index (χ2v) is 11.1. The molecule has 1 spiro atoms. The Kier molecular flexibility index (Phi) is 6.29. The molecule has 4 heterocycles. The van der Waals surface area contributed by atoms with Crippen molar-refractivity contribution < 1.29 is 24.2 Å². The Hall–Kier alpha value is -2.97. The van der Waals surface area contributed by atoms with E-state index in [1.165, 1.54) is 0 Å². The number of benzene rings is 1. The molecule has 1 N–H and O–H groups in total. The molecule has 2 fully saturated rings. The maximum atomic E-state index is 14.0. The molecule has 5 atom stereocenters. The van der Waals surface area contributed by atoms with Crippen LogP contribution in [0.15, 0.2) is 54.6 Å². The minimum atomic E-state index is -1.23. The van der Waals surface area contributed by atoms with Crippen molar-refractivity contribution >= 4 is 17.7 Å². The lowest BCUT2D eigenvalue weighted by molar-refractivity contribution is -0.151. The molecule has 0 radical (unpaired) electrons. The number of amides is 3. The quantitative estimate of drug-likeness (QED) is 0.632. The van der Waals surface area contributed by atoms with Crippen molar-refractivity contribution in [3.63, 3.8) is 0 Å². The molecular weight excluding hydrogens is 458 g/mol. The summed E-state index contributed by atoms with van der Waals surface area (Å²) in [5.74, 6) is -2.10. The number of rotatable bonds is 5. The van der Waals surface area contributed by atoms with Gasteiger partial charge in [0, 0.05) is 38.3 Å². The van der Waals surface area contributed by atoms with Gasteiger partial charge in [-0.25, -0.2) is 0 Å². The van der Waals surface area contributed by atoms with E-state index in [-0.39, 0.29) is 30.9 Å². The molecule has 1 unspecified atom stereocenters. The molecule has 1 aromatic rings. The lowest BCUT2D eigenvalue weighted by Crippen LogP contribution is -2.58. The Balaban J connectivity index is 1.55. The number of carbonyl (C=O) groups excluding carboxylic acids is 3. The van der Waals surface area contributed by atoms with E-state index in [4.69, 9.17) is 4.74 Å². The van der Waals surface area contributed by atoms with Crippen LogP contribution in [0.1, 0.15) is 32.8 Å². The van der Waals surface area contributed by atoms with Crippen molar-refractivity contribution in [2.24, 2.45) is 11.8 Å². The molecule has 3 amide bonds. The third-order valence-electron chi connectivity index (χ3n) is 7.83. The van der Waals surface area contributed by atoms with E-state index >= 15 is 0 Å². The summed E-state index contributed by atoms with van der Waals surface area (Å²) in [5, 5.41) is 9.51. The second kappa shape index (κ2) is 9.16. The molecule has 1 aromatic carbocycles. The Morgan fingerprint density at radius 1 is 1.03 bits per heavy atom. The Morgan fingerprint density at radius 2 is 1.78 bits per heavy atom. The molecular formula is C28H35N3O5. The fraction of sp³-hybridized carbons (Fsp3) is 0.536. The van der Waals surface area contributed by atoms with Crippen LogP contribution in [0.3, 0.4) is 0 Å². The highest BCUT2D eigenvalue weighted by Gasteiger charge is 2.71. The first-order valence-electron chi connectivity index (χ1n) is 12.8. The summed E-state index contributed by atoms with van der Waals surface area (Å²) in [6, 6.07) is 8.90. The molecule has 4 aliphatic rings. The van der Waals surface area contributed by atoms with Crippen LogP contribution in [0.2, 0.25) is 0 Å². The Morgan fingerprint density at radius 3 is 2.47 bits per heavy atom. The molecule has 8 heteroatoms. The highest BCUT2D eigenvalue weighted by atomic mass is 16.5. The van der Waals surface area contributed by atoms with E-state index in [9.17, 15) is 19.5 Å². The van der Waals surface area contributed by atoms with Gasteiger partial charge in [-0.05, 0) is 32.8 Å². The Labute approximate surface area is 212 Å². The van der Waals surface area contributed by atoms with Gasteiger partial charge in [0.1, 0.15) is 11.6 Å². The van der Waals surface area contributed by atoms with E-state index in [0.717, 1.165) is 5.56 Å². The minimum Gasteiger partial charge on any atom is -0.396 e. The first kappa shape index (κ1) is 24.7. The summed E-state index contributed by atoms with van der Waals surface area (Å²) < 4.78 is 6.63. The molecule has 5 rings (SSSR count).